The standard InChI is InChI=1S/C21H29F3N2O2/c22-21(23,24)20(28)10-12-26(13-11-20)18(14-16-6-2-1-3-7-16)15-25-19(27)17-8-4-5-9-17/h1-3,6-7,17-18,28H,4-5,8-15H2,(H,25,27). The first-order valence-corrected chi connectivity index (χ1v) is 10.1. The highest BCUT2D eigenvalue weighted by atomic mass is 19.4. The molecule has 1 saturated carbocycles. The number of hydrogen-bond acceptors (Lipinski definition) is 3. The predicted octanol–water partition coefficient (Wildman–Crippen LogP) is 3.29. The van der Waals surface area contributed by atoms with Gasteiger partial charge in [-0.3, -0.25) is 9.69 Å². The van der Waals surface area contributed by atoms with Crippen LogP contribution in [0.15, 0.2) is 30.3 Å². The quantitative estimate of drug-likeness (QED) is 0.773. The molecule has 0 aromatic heterocycles. The highest BCUT2D eigenvalue weighted by Crippen LogP contribution is 2.38. The smallest absolute Gasteiger partial charge is 0.380 e. The Bertz CT molecular complexity index is 637. The monoisotopic (exact) mass is 398 g/mol. The van der Waals surface area contributed by atoms with Crippen LogP contribution in [-0.4, -0.2) is 53.4 Å². The van der Waals surface area contributed by atoms with Crippen molar-refractivity contribution in [3.05, 3.63) is 35.9 Å². The zero-order valence-electron chi connectivity index (χ0n) is 16.0. The summed E-state index contributed by atoms with van der Waals surface area (Å²) in [6, 6.07) is 9.67. The average molecular weight is 398 g/mol. The van der Waals surface area contributed by atoms with Gasteiger partial charge in [0.05, 0.1) is 0 Å². The van der Waals surface area contributed by atoms with Gasteiger partial charge < -0.3 is 10.4 Å². The third-order valence-corrected chi connectivity index (χ3v) is 6.22. The molecule has 28 heavy (non-hydrogen) atoms. The number of aliphatic hydroxyl groups is 1. The van der Waals surface area contributed by atoms with Crippen molar-refractivity contribution in [3.8, 4) is 0 Å². The lowest BCUT2D eigenvalue weighted by Crippen LogP contribution is -2.57. The molecule has 0 bridgehead atoms. The van der Waals surface area contributed by atoms with Crippen LogP contribution in [0.25, 0.3) is 0 Å². The number of carbonyl (C=O) groups excluding carboxylic acids is 1. The van der Waals surface area contributed by atoms with Crippen LogP contribution in [0.1, 0.15) is 44.1 Å². The Kier molecular flexibility index (Phi) is 6.65. The van der Waals surface area contributed by atoms with Crippen LogP contribution in [-0.2, 0) is 11.2 Å². The van der Waals surface area contributed by atoms with E-state index in [1.165, 1.54) is 0 Å². The SMILES string of the molecule is O=C(NCC(Cc1ccccc1)N1CCC(O)(C(F)(F)F)CC1)C1CCCC1. The number of amides is 1. The Morgan fingerprint density at radius 3 is 2.36 bits per heavy atom. The summed E-state index contributed by atoms with van der Waals surface area (Å²) in [4.78, 5) is 14.4. The van der Waals surface area contributed by atoms with Gasteiger partial charge in [0.2, 0.25) is 5.91 Å². The fourth-order valence-corrected chi connectivity index (χ4v) is 4.31. The molecule has 1 aliphatic carbocycles. The van der Waals surface area contributed by atoms with Crippen LogP contribution in [0.4, 0.5) is 13.2 Å². The number of nitrogens with one attached hydrogen (secondary N) is 1. The molecule has 1 saturated heterocycles. The Labute approximate surface area is 164 Å². The number of piperidine rings is 1. The first-order valence-electron chi connectivity index (χ1n) is 10.1. The average Bonchev–Trinajstić information content (AvgIpc) is 3.20. The van der Waals surface area contributed by atoms with Crippen LogP contribution in [0.5, 0.6) is 0 Å². The first kappa shape index (κ1) is 21.1. The molecule has 3 rings (SSSR count). The van der Waals surface area contributed by atoms with Crippen LogP contribution in [0.3, 0.4) is 0 Å². The van der Waals surface area contributed by atoms with Gasteiger partial charge >= 0.3 is 6.18 Å². The highest BCUT2D eigenvalue weighted by Gasteiger charge is 2.54. The predicted molar refractivity (Wildman–Crippen MR) is 101 cm³/mol. The third kappa shape index (κ3) is 5.06. The van der Waals surface area contributed by atoms with E-state index < -0.39 is 11.8 Å². The molecule has 1 heterocycles. The van der Waals surface area contributed by atoms with Gasteiger partial charge in [-0.05, 0) is 37.7 Å². The zero-order valence-corrected chi connectivity index (χ0v) is 16.0. The van der Waals surface area contributed by atoms with E-state index in [0.29, 0.717) is 13.0 Å². The Hall–Kier alpha value is -1.60. The van der Waals surface area contributed by atoms with Gasteiger partial charge in [-0.15, -0.1) is 0 Å². The maximum Gasteiger partial charge on any atom is 0.417 e. The molecule has 7 heteroatoms. The van der Waals surface area contributed by atoms with Crippen LogP contribution in [0.2, 0.25) is 0 Å². The summed E-state index contributed by atoms with van der Waals surface area (Å²) < 4.78 is 39.3. The fraction of sp³-hybridized carbons (Fsp3) is 0.667. The lowest BCUT2D eigenvalue weighted by Gasteiger charge is -2.42. The minimum absolute atomic E-state index is 0.0550. The molecule has 0 radical (unpaired) electrons. The Morgan fingerprint density at radius 2 is 1.79 bits per heavy atom. The van der Waals surface area contributed by atoms with Crippen molar-refractivity contribution in [2.45, 2.75) is 62.8 Å². The Balaban J connectivity index is 1.63. The van der Waals surface area contributed by atoms with Crippen molar-refractivity contribution in [1.82, 2.24) is 10.2 Å². The van der Waals surface area contributed by atoms with Crippen molar-refractivity contribution in [1.29, 1.82) is 0 Å². The molecule has 2 aliphatic rings. The summed E-state index contributed by atoms with van der Waals surface area (Å²) in [5.74, 6) is 0.119. The zero-order chi connectivity index (χ0) is 20.2. The van der Waals surface area contributed by atoms with Crippen molar-refractivity contribution in [2.24, 2.45) is 5.92 Å². The molecule has 2 N–H and O–H groups in total. The molecular weight excluding hydrogens is 369 g/mol. The van der Waals surface area contributed by atoms with Crippen LogP contribution >= 0.6 is 0 Å². The Morgan fingerprint density at radius 1 is 1.18 bits per heavy atom. The summed E-state index contributed by atoms with van der Waals surface area (Å²) in [6.45, 7) is 0.730. The molecule has 1 aromatic rings. The molecule has 1 atom stereocenters. The molecular formula is C21H29F3N2O2. The summed E-state index contributed by atoms with van der Waals surface area (Å²) in [5.41, 5.74) is -1.52. The highest BCUT2D eigenvalue weighted by molar-refractivity contribution is 5.78. The largest absolute Gasteiger partial charge is 0.417 e. The number of hydrogen-bond donors (Lipinski definition) is 2. The number of rotatable bonds is 6. The van der Waals surface area contributed by atoms with Gasteiger partial charge in [-0.2, -0.15) is 13.2 Å². The maximum atomic E-state index is 13.1. The van der Waals surface area contributed by atoms with Gasteiger partial charge in [-0.1, -0.05) is 43.2 Å². The lowest BCUT2D eigenvalue weighted by atomic mass is 9.89. The molecule has 156 valence electrons. The van der Waals surface area contributed by atoms with Gasteiger partial charge in [-0.25, -0.2) is 0 Å². The van der Waals surface area contributed by atoms with E-state index >= 15 is 0 Å². The summed E-state index contributed by atoms with van der Waals surface area (Å²) in [6.07, 6.45) is -0.645. The van der Waals surface area contributed by atoms with E-state index in [1.54, 1.807) is 0 Å². The number of alkyl halides is 3. The molecule has 2 fully saturated rings. The van der Waals surface area contributed by atoms with E-state index in [0.717, 1.165) is 31.2 Å². The van der Waals surface area contributed by atoms with E-state index in [2.05, 4.69) is 5.32 Å². The van der Waals surface area contributed by atoms with E-state index in [4.69, 9.17) is 0 Å². The van der Waals surface area contributed by atoms with Gasteiger partial charge in [0.15, 0.2) is 5.60 Å². The minimum Gasteiger partial charge on any atom is -0.380 e. The minimum atomic E-state index is -4.61. The van der Waals surface area contributed by atoms with Gasteiger partial charge in [0.25, 0.3) is 0 Å². The molecule has 0 spiro atoms. The topological polar surface area (TPSA) is 52.6 Å². The second-order valence-electron chi connectivity index (χ2n) is 8.14. The van der Waals surface area contributed by atoms with E-state index in [1.807, 2.05) is 35.2 Å². The van der Waals surface area contributed by atoms with Crippen LogP contribution < -0.4 is 5.32 Å². The lowest BCUT2D eigenvalue weighted by molar-refractivity contribution is -0.273. The molecule has 1 aliphatic heterocycles. The normalized spacial score (nSPS) is 22.1. The van der Waals surface area contributed by atoms with Crippen molar-refractivity contribution < 1.29 is 23.1 Å². The second-order valence-corrected chi connectivity index (χ2v) is 8.14. The molecule has 1 amide bonds. The first-order chi connectivity index (χ1) is 13.3. The fourth-order valence-electron chi connectivity index (χ4n) is 4.31. The number of likely N-dealkylation sites (tertiary alicyclic amines) is 1. The summed E-state index contributed by atoms with van der Waals surface area (Å²) in [5, 5.41) is 13.0. The van der Waals surface area contributed by atoms with Crippen LogP contribution in [0, 0.1) is 5.92 Å². The maximum absolute atomic E-state index is 13.1. The molecule has 4 nitrogen and oxygen atoms in total. The summed E-state index contributed by atoms with van der Waals surface area (Å²) >= 11 is 0. The molecule has 1 unspecified atom stereocenters. The number of carbonyl (C=O) groups is 1. The number of benzene rings is 1. The number of halogens is 3. The second kappa shape index (κ2) is 8.82. The number of nitrogens with zero attached hydrogens (tertiary/aromatic N) is 1. The van der Waals surface area contributed by atoms with Crippen molar-refractivity contribution >= 4 is 5.91 Å². The molecule has 1 aromatic carbocycles. The van der Waals surface area contributed by atoms with Crippen molar-refractivity contribution in [2.75, 3.05) is 19.6 Å². The third-order valence-electron chi connectivity index (χ3n) is 6.22. The van der Waals surface area contributed by atoms with E-state index in [9.17, 15) is 23.1 Å². The van der Waals surface area contributed by atoms with Gasteiger partial charge in [0, 0.05) is 31.6 Å². The van der Waals surface area contributed by atoms with E-state index in [-0.39, 0.29) is 43.8 Å². The van der Waals surface area contributed by atoms with Gasteiger partial charge in [0.1, 0.15) is 0 Å². The van der Waals surface area contributed by atoms with Crippen molar-refractivity contribution in [3.63, 3.8) is 0 Å². The summed E-state index contributed by atoms with van der Waals surface area (Å²) in [7, 11) is 0.